The van der Waals surface area contributed by atoms with E-state index in [9.17, 15) is 0 Å². The van der Waals surface area contributed by atoms with Gasteiger partial charge in [-0.1, -0.05) is 42.5 Å². The average molecular weight is 324 g/mol. The third-order valence-corrected chi connectivity index (χ3v) is 4.89. The first-order valence-electron chi connectivity index (χ1n) is 8.81. The predicted molar refractivity (Wildman–Crippen MR) is 104 cm³/mol. The van der Waals surface area contributed by atoms with Crippen molar-refractivity contribution in [2.75, 3.05) is 0 Å². The minimum absolute atomic E-state index is 0.482. The molecule has 0 aliphatic heterocycles. The van der Waals surface area contributed by atoms with E-state index < -0.39 is 0 Å². The second-order valence-corrected chi connectivity index (χ2v) is 6.47. The van der Waals surface area contributed by atoms with E-state index in [-0.39, 0.29) is 0 Å². The number of nitrogens with zero attached hydrogens (tertiary/aromatic N) is 2. The highest BCUT2D eigenvalue weighted by Crippen LogP contribution is 2.33. The molecule has 0 N–H and O–H groups in total. The molecule has 0 saturated heterocycles. The van der Waals surface area contributed by atoms with E-state index in [0.29, 0.717) is 11.7 Å². The van der Waals surface area contributed by atoms with Crippen LogP contribution >= 0.6 is 0 Å². The molecule has 0 atom stereocenters. The summed E-state index contributed by atoms with van der Waals surface area (Å²) >= 11 is 0. The quantitative estimate of drug-likeness (QED) is 0.316. The zero-order valence-corrected chi connectivity index (χ0v) is 14.6. The van der Waals surface area contributed by atoms with Crippen LogP contribution in [0, 0.1) is 20.4 Å². The third-order valence-electron chi connectivity index (χ3n) is 4.89. The first-order valence-corrected chi connectivity index (χ1v) is 8.31. The Bertz CT molecular complexity index is 1230. The Hall–Kier alpha value is -3.18. The fraction of sp³-hybridized carbons (Fsp3) is 0.130. The molecule has 3 aromatic carbocycles. The Morgan fingerprint density at radius 1 is 0.960 bits per heavy atom. The molecule has 0 amide bonds. The average Bonchev–Trinajstić information content (AvgIpc) is 2.66. The van der Waals surface area contributed by atoms with Crippen molar-refractivity contribution in [1.29, 1.82) is 0 Å². The summed E-state index contributed by atoms with van der Waals surface area (Å²) in [5.41, 5.74) is 4.91. The lowest BCUT2D eigenvalue weighted by Crippen LogP contribution is -2.35. The van der Waals surface area contributed by atoms with Crippen molar-refractivity contribution in [3.05, 3.63) is 83.3 Å². The molecule has 4 aromatic rings. The number of aromatic nitrogens is 1. The van der Waals surface area contributed by atoms with Crippen molar-refractivity contribution < 1.29 is 5.94 Å². The summed E-state index contributed by atoms with van der Waals surface area (Å²) in [6, 6.07) is 18.9. The molecule has 0 aliphatic carbocycles. The van der Waals surface area contributed by atoms with Gasteiger partial charge in [0.25, 0.3) is 0 Å². The lowest BCUT2D eigenvalue weighted by Gasteiger charge is -2.11. The lowest BCUT2D eigenvalue weighted by molar-refractivity contribution is -0.665. The van der Waals surface area contributed by atoms with Crippen molar-refractivity contribution >= 4 is 27.2 Å². The molecular formula is C23H19N2+. The lowest BCUT2D eigenvalue weighted by atomic mass is 9.95. The number of rotatable bonds is 1. The van der Waals surface area contributed by atoms with Crippen molar-refractivity contribution in [1.82, 2.24) is 0 Å². The van der Waals surface area contributed by atoms with E-state index >= 15 is 0 Å². The predicted octanol–water partition coefficient (Wildman–Crippen LogP) is 5.65. The van der Waals surface area contributed by atoms with Crippen LogP contribution in [-0.2, 0) is 7.05 Å². The molecule has 2 nitrogen and oxygen atoms in total. The van der Waals surface area contributed by atoms with Crippen molar-refractivity contribution in [3.8, 4) is 11.3 Å². The van der Waals surface area contributed by atoms with E-state index in [1.165, 1.54) is 16.3 Å². The summed E-state index contributed by atoms with van der Waals surface area (Å²) in [4.78, 5) is 3.53. The Morgan fingerprint density at radius 2 is 1.68 bits per heavy atom. The monoisotopic (exact) mass is 324 g/mol. The van der Waals surface area contributed by atoms with Crippen molar-refractivity contribution in [2.45, 2.75) is 13.8 Å². The molecule has 120 valence electrons. The standard InChI is InChI=1S/C23H19N2/c1-15-11-17-7-5-6-8-18(17)14-22(15)23-21-10-9-20(24-3)13-19(21)12-16(2)25(23)4/h5-14H,1-2,4H3/q+1/i12D. The van der Waals surface area contributed by atoms with Gasteiger partial charge >= 0.3 is 0 Å². The van der Waals surface area contributed by atoms with Crippen LogP contribution in [0.25, 0.3) is 37.6 Å². The van der Waals surface area contributed by atoms with E-state index in [4.69, 9.17) is 7.94 Å². The topological polar surface area (TPSA) is 8.24 Å². The van der Waals surface area contributed by atoms with Crippen LogP contribution < -0.4 is 4.57 Å². The van der Waals surface area contributed by atoms with Crippen molar-refractivity contribution in [2.24, 2.45) is 7.05 Å². The molecule has 1 heterocycles. The summed E-state index contributed by atoms with van der Waals surface area (Å²) < 4.78 is 10.6. The van der Waals surface area contributed by atoms with Crippen LogP contribution in [-0.4, -0.2) is 0 Å². The largest absolute Gasteiger partial charge is 0.238 e. The maximum Gasteiger partial charge on any atom is 0.220 e. The normalized spacial score (nSPS) is 11.5. The van der Waals surface area contributed by atoms with Crippen LogP contribution in [0.5, 0.6) is 0 Å². The molecule has 0 radical (unpaired) electrons. The minimum Gasteiger partial charge on any atom is -0.238 e. The van der Waals surface area contributed by atoms with Gasteiger partial charge in [-0.2, -0.15) is 4.57 Å². The SMILES string of the molecule is [2H]c1c(C)[n+](C)c(-c2cc3ccccc3cc2C)c2ccc([N+]#[C-])cc12. The van der Waals surface area contributed by atoms with Crippen molar-refractivity contribution in [3.63, 3.8) is 0 Å². The van der Waals surface area contributed by atoms with Gasteiger partial charge in [0, 0.05) is 13.0 Å². The number of hydrogen-bond acceptors (Lipinski definition) is 0. The highest BCUT2D eigenvalue weighted by atomic mass is 14.9. The molecule has 4 rings (SSSR count). The van der Waals surface area contributed by atoms with Crippen LogP contribution in [0.4, 0.5) is 5.69 Å². The van der Waals surface area contributed by atoms with E-state index in [2.05, 4.69) is 52.7 Å². The van der Waals surface area contributed by atoms with Gasteiger partial charge in [0.2, 0.25) is 5.69 Å². The Labute approximate surface area is 149 Å². The van der Waals surface area contributed by atoms with Gasteiger partial charge in [-0.05, 0) is 40.8 Å². The van der Waals surface area contributed by atoms with Crippen LogP contribution in [0.2, 0.25) is 0 Å². The molecule has 0 spiro atoms. The van der Waals surface area contributed by atoms with Gasteiger partial charge in [0.05, 0.1) is 18.9 Å². The fourth-order valence-corrected chi connectivity index (χ4v) is 3.47. The molecule has 2 heteroatoms. The molecule has 0 fully saturated rings. The number of hydrogen-bond donors (Lipinski definition) is 0. The summed E-state index contributed by atoms with van der Waals surface area (Å²) in [5.74, 6) is 0. The molecular weight excluding hydrogens is 304 g/mol. The van der Waals surface area contributed by atoms with Gasteiger partial charge in [0.1, 0.15) is 7.05 Å². The zero-order chi connectivity index (χ0) is 18.4. The van der Waals surface area contributed by atoms with Gasteiger partial charge < -0.3 is 0 Å². The highest BCUT2D eigenvalue weighted by Gasteiger charge is 2.20. The Balaban J connectivity index is 2.15. The van der Waals surface area contributed by atoms with Crippen LogP contribution in [0.15, 0.2) is 60.6 Å². The molecule has 0 bridgehead atoms. The summed E-state index contributed by atoms with van der Waals surface area (Å²) in [6.07, 6.45) is 0. The number of fused-ring (bicyclic) bond motifs is 2. The Morgan fingerprint density at radius 3 is 2.40 bits per heavy atom. The number of benzene rings is 3. The van der Waals surface area contributed by atoms with Gasteiger partial charge in [0.15, 0.2) is 11.4 Å². The first-order chi connectivity index (χ1) is 12.5. The third kappa shape index (κ3) is 2.45. The number of aryl methyl sites for hydroxylation is 1. The van der Waals surface area contributed by atoms with Gasteiger partial charge in [-0.25, -0.2) is 4.85 Å². The molecule has 0 unspecified atom stereocenters. The summed E-state index contributed by atoms with van der Waals surface area (Å²) in [6.45, 7) is 11.4. The minimum atomic E-state index is 0.482. The maximum atomic E-state index is 8.52. The number of pyridine rings is 1. The fourth-order valence-electron chi connectivity index (χ4n) is 3.47. The van der Waals surface area contributed by atoms with Crippen LogP contribution in [0.3, 0.4) is 0 Å². The van der Waals surface area contributed by atoms with E-state index in [1.807, 2.05) is 32.2 Å². The van der Waals surface area contributed by atoms with E-state index in [1.54, 1.807) is 0 Å². The summed E-state index contributed by atoms with van der Waals surface area (Å²) in [5, 5.41) is 4.27. The maximum absolute atomic E-state index is 8.52. The zero-order valence-electron chi connectivity index (χ0n) is 15.6. The first kappa shape index (κ1) is 14.2. The Kier molecular flexibility index (Phi) is 3.24. The second-order valence-electron chi connectivity index (χ2n) is 6.47. The van der Waals surface area contributed by atoms with E-state index in [0.717, 1.165) is 27.7 Å². The van der Waals surface area contributed by atoms with Gasteiger partial charge in [-0.3, -0.25) is 0 Å². The molecule has 0 aliphatic rings. The summed E-state index contributed by atoms with van der Waals surface area (Å²) in [7, 11) is 2.01. The second kappa shape index (κ2) is 5.72. The highest BCUT2D eigenvalue weighted by molar-refractivity contribution is 5.98. The molecule has 25 heavy (non-hydrogen) atoms. The van der Waals surface area contributed by atoms with Gasteiger partial charge in [-0.15, -0.1) is 0 Å². The van der Waals surface area contributed by atoms with Crippen LogP contribution in [0.1, 0.15) is 12.6 Å². The smallest absolute Gasteiger partial charge is 0.220 e. The molecule has 0 saturated carbocycles. The molecule has 1 aromatic heterocycles.